The van der Waals surface area contributed by atoms with Crippen LogP contribution < -0.4 is 10.9 Å². The van der Waals surface area contributed by atoms with Crippen molar-refractivity contribution in [2.75, 3.05) is 0 Å². The van der Waals surface area contributed by atoms with E-state index in [-0.39, 0.29) is 30.0 Å². The summed E-state index contributed by atoms with van der Waals surface area (Å²) in [5, 5.41) is 0. The van der Waals surface area contributed by atoms with Gasteiger partial charge in [-0.2, -0.15) is 0 Å². The SMILES string of the molecule is CC(C)CC(=O)NNC(=O)Cc1cccc(F)c1. The van der Waals surface area contributed by atoms with Crippen LogP contribution in [0, 0.1) is 11.7 Å². The highest BCUT2D eigenvalue weighted by molar-refractivity contribution is 5.83. The third kappa shape index (κ3) is 5.43. The molecule has 1 aromatic rings. The van der Waals surface area contributed by atoms with Crippen LogP contribution in [0.1, 0.15) is 25.8 Å². The Bertz CT molecular complexity index is 433. The molecule has 0 radical (unpaired) electrons. The number of hydrogen-bond donors (Lipinski definition) is 2. The second-order valence-corrected chi connectivity index (χ2v) is 4.50. The summed E-state index contributed by atoms with van der Waals surface area (Å²) in [7, 11) is 0. The Kier molecular flexibility index (Phi) is 5.30. The van der Waals surface area contributed by atoms with E-state index in [9.17, 15) is 14.0 Å². The molecule has 0 saturated heterocycles. The van der Waals surface area contributed by atoms with Gasteiger partial charge >= 0.3 is 0 Å². The van der Waals surface area contributed by atoms with E-state index in [1.54, 1.807) is 6.07 Å². The van der Waals surface area contributed by atoms with Crippen LogP contribution in [0.4, 0.5) is 4.39 Å². The van der Waals surface area contributed by atoms with Crippen molar-refractivity contribution in [1.29, 1.82) is 0 Å². The molecule has 1 aromatic carbocycles. The highest BCUT2D eigenvalue weighted by atomic mass is 19.1. The summed E-state index contributed by atoms with van der Waals surface area (Å²) in [5.41, 5.74) is 5.17. The Balaban J connectivity index is 2.36. The molecule has 0 fully saturated rings. The molecule has 0 aromatic heterocycles. The highest BCUT2D eigenvalue weighted by Crippen LogP contribution is 2.03. The van der Waals surface area contributed by atoms with E-state index in [2.05, 4.69) is 10.9 Å². The fraction of sp³-hybridized carbons (Fsp3) is 0.385. The first kappa shape index (κ1) is 14.2. The predicted molar refractivity (Wildman–Crippen MR) is 65.8 cm³/mol. The molecule has 2 N–H and O–H groups in total. The van der Waals surface area contributed by atoms with Gasteiger partial charge in [-0.25, -0.2) is 4.39 Å². The fourth-order valence-corrected chi connectivity index (χ4v) is 1.44. The van der Waals surface area contributed by atoms with Gasteiger partial charge in [0, 0.05) is 6.42 Å². The molecule has 1 rings (SSSR count). The van der Waals surface area contributed by atoms with Crippen LogP contribution in [-0.2, 0) is 16.0 Å². The second kappa shape index (κ2) is 6.74. The van der Waals surface area contributed by atoms with Gasteiger partial charge in [-0.1, -0.05) is 26.0 Å². The smallest absolute Gasteiger partial charge is 0.242 e. The van der Waals surface area contributed by atoms with Crippen LogP contribution in [0.25, 0.3) is 0 Å². The van der Waals surface area contributed by atoms with Gasteiger partial charge < -0.3 is 0 Å². The first-order valence-electron chi connectivity index (χ1n) is 5.79. The van der Waals surface area contributed by atoms with Gasteiger partial charge in [0.2, 0.25) is 11.8 Å². The molecule has 0 heterocycles. The maximum atomic E-state index is 12.9. The van der Waals surface area contributed by atoms with Crippen molar-refractivity contribution in [2.24, 2.45) is 5.92 Å². The van der Waals surface area contributed by atoms with Gasteiger partial charge in [0.1, 0.15) is 5.82 Å². The lowest BCUT2D eigenvalue weighted by atomic mass is 10.1. The largest absolute Gasteiger partial charge is 0.273 e. The first-order valence-corrected chi connectivity index (χ1v) is 5.79. The maximum Gasteiger partial charge on any atom is 0.242 e. The number of carbonyl (C=O) groups is 2. The molecule has 0 unspecified atom stereocenters. The molecular formula is C13H17FN2O2. The van der Waals surface area contributed by atoms with E-state index in [1.165, 1.54) is 18.2 Å². The van der Waals surface area contributed by atoms with Crippen molar-refractivity contribution < 1.29 is 14.0 Å². The number of benzene rings is 1. The lowest BCUT2D eigenvalue weighted by Gasteiger charge is -2.08. The fourth-order valence-electron chi connectivity index (χ4n) is 1.44. The Hall–Kier alpha value is -1.91. The van der Waals surface area contributed by atoms with Crippen molar-refractivity contribution in [2.45, 2.75) is 26.7 Å². The number of amides is 2. The summed E-state index contributed by atoms with van der Waals surface area (Å²) in [6.45, 7) is 3.82. The van der Waals surface area contributed by atoms with Gasteiger partial charge in [-0.15, -0.1) is 0 Å². The quantitative estimate of drug-likeness (QED) is 0.799. The summed E-state index contributed by atoms with van der Waals surface area (Å²) >= 11 is 0. The van der Waals surface area contributed by atoms with Gasteiger partial charge in [0.05, 0.1) is 6.42 Å². The van der Waals surface area contributed by atoms with E-state index in [0.29, 0.717) is 12.0 Å². The van der Waals surface area contributed by atoms with Crippen LogP contribution in [0.5, 0.6) is 0 Å². The monoisotopic (exact) mass is 252 g/mol. The van der Waals surface area contributed by atoms with E-state index in [4.69, 9.17) is 0 Å². The normalized spacial score (nSPS) is 10.2. The third-order valence-electron chi connectivity index (χ3n) is 2.19. The van der Waals surface area contributed by atoms with Crippen molar-refractivity contribution >= 4 is 11.8 Å². The molecule has 0 spiro atoms. The molecule has 0 saturated carbocycles. The molecular weight excluding hydrogens is 235 g/mol. The van der Waals surface area contributed by atoms with Crippen LogP contribution in [0.2, 0.25) is 0 Å². The minimum atomic E-state index is -0.385. The molecule has 0 aliphatic rings. The number of rotatable bonds is 4. The van der Waals surface area contributed by atoms with E-state index in [1.807, 2.05) is 13.8 Å². The van der Waals surface area contributed by atoms with Crippen molar-refractivity contribution in [3.63, 3.8) is 0 Å². The molecule has 0 aliphatic heterocycles. The minimum absolute atomic E-state index is 0.0275. The molecule has 0 atom stereocenters. The van der Waals surface area contributed by atoms with Crippen molar-refractivity contribution in [3.05, 3.63) is 35.6 Å². The van der Waals surface area contributed by atoms with E-state index in [0.717, 1.165) is 0 Å². The van der Waals surface area contributed by atoms with Crippen LogP contribution >= 0.6 is 0 Å². The molecule has 18 heavy (non-hydrogen) atoms. The summed E-state index contributed by atoms with van der Waals surface area (Å²) < 4.78 is 12.9. The Morgan fingerprint density at radius 1 is 1.22 bits per heavy atom. The van der Waals surface area contributed by atoms with Crippen LogP contribution in [0.3, 0.4) is 0 Å². The predicted octanol–water partition coefficient (Wildman–Crippen LogP) is 1.56. The van der Waals surface area contributed by atoms with Gasteiger partial charge in [-0.3, -0.25) is 20.4 Å². The molecule has 5 heteroatoms. The van der Waals surface area contributed by atoms with Crippen molar-refractivity contribution in [1.82, 2.24) is 10.9 Å². The van der Waals surface area contributed by atoms with Gasteiger partial charge in [0.25, 0.3) is 0 Å². The molecule has 2 amide bonds. The number of nitrogens with one attached hydrogen (secondary N) is 2. The molecule has 0 bridgehead atoms. The second-order valence-electron chi connectivity index (χ2n) is 4.50. The lowest BCUT2D eigenvalue weighted by molar-refractivity contribution is -0.129. The van der Waals surface area contributed by atoms with Crippen LogP contribution in [0.15, 0.2) is 24.3 Å². The van der Waals surface area contributed by atoms with Gasteiger partial charge in [-0.05, 0) is 23.6 Å². The highest BCUT2D eigenvalue weighted by Gasteiger charge is 2.07. The molecule has 98 valence electrons. The minimum Gasteiger partial charge on any atom is -0.273 e. The van der Waals surface area contributed by atoms with Crippen molar-refractivity contribution in [3.8, 4) is 0 Å². The number of hydrogen-bond acceptors (Lipinski definition) is 2. The Labute approximate surface area is 106 Å². The molecule has 0 aliphatic carbocycles. The Morgan fingerprint density at radius 2 is 1.89 bits per heavy atom. The topological polar surface area (TPSA) is 58.2 Å². The van der Waals surface area contributed by atoms with E-state index >= 15 is 0 Å². The Morgan fingerprint density at radius 3 is 2.50 bits per heavy atom. The number of carbonyl (C=O) groups excluding carboxylic acids is 2. The van der Waals surface area contributed by atoms with Crippen LogP contribution in [-0.4, -0.2) is 11.8 Å². The number of halogens is 1. The van der Waals surface area contributed by atoms with Gasteiger partial charge in [0.15, 0.2) is 0 Å². The third-order valence-corrected chi connectivity index (χ3v) is 2.19. The zero-order valence-electron chi connectivity index (χ0n) is 10.5. The maximum absolute atomic E-state index is 12.9. The summed E-state index contributed by atoms with van der Waals surface area (Å²) in [6, 6.07) is 5.79. The summed E-state index contributed by atoms with van der Waals surface area (Å²) in [4.78, 5) is 22.7. The first-order chi connectivity index (χ1) is 8.47. The summed E-state index contributed by atoms with van der Waals surface area (Å²) in [5.74, 6) is -0.774. The zero-order valence-corrected chi connectivity index (χ0v) is 10.5. The average molecular weight is 252 g/mol. The van der Waals surface area contributed by atoms with E-state index < -0.39 is 0 Å². The average Bonchev–Trinajstić information content (AvgIpc) is 2.25. The molecule has 4 nitrogen and oxygen atoms in total. The lowest BCUT2D eigenvalue weighted by Crippen LogP contribution is -2.42. The summed E-state index contributed by atoms with van der Waals surface area (Å²) in [6.07, 6.45) is 0.375. The zero-order chi connectivity index (χ0) is 13.5. The number of hydrazine groups is 1. The standard InChI is InChI=1S/C13H17FN2O2/c1-9(2)6-12(17)15-16-13(18)8-10-4-3-5-11(14)7-10/h3-5,7,9H,6,8H2,1-2H3,(H,15,17)(H,16,18).